The van der Waals surface area contributed by atoms with Crippen molar-refractivity contribution in [2.45, 2.75) is 5.75 Å². The van der Waals surface area contributed by atoms with E-state index in [2.05, 4.69) is 4.98 Å². The molecule has 0 aliphatic carbocycles. The maximum absolute atomic E-state index is 12.4. The van der Waals surface area contributed by atoms with Crippen LogP contribution in [0, 0.1) is 0 Å². The van der Waals surface area contributed by atoms with Crippen molar-refractivity contribution in [2.75, 3.05) is 19.5 Å². The first kappa shape index (κ1) is 16.6. The lowest BCUT2D eigenvalue weighted by atomic mass is 10.1. The second-order valence-electron chi connectivity index (χ2n) is 6.09. The van der Waals surface area contributed by atoms with E-state index in [0.29, 0.717) is 46.7 Å². The first-order valence-corrected chi connectivity index (χ1v) is 9.97. The van der Waals surface area contributed by atoms with Crippen LogP contribution in [0.5, 0.6) is 11.5 Å². The molecule has 8 heteroatoms. The Bertz CT molecular complexity index is 1170. The number of aromatic nitrogens is 1. The second-order valence-corrected chi connectivity index (χ2v) is 8.23. The van der Waals surface area contributed by atoms with E-state index in [-0.39, 0.29) is 11.6 Å². The lowest BCUT2D eigenvalue weighted by Gasteiger charge is -2.18. The molecule has 1 aliphatic heterocycles. The van der Waals surface area contributed by atoms with Crippen molar-refractivity contribution in [1.29, 1.82) is 0 Å². The molecule has 0 bridgehead atoms. The van der Waals surface area contributed by atoms with Gasteiger partial charge in [-0.05, 0) is 17.7 Å². The van der Waals surface area contributed by atoms with Gasteiger partial charge in [-0.3, -0.25) is 0 Å². The molecular formula is C18H15NO6S. The number of hydrogen-bond acceptors (Lipinski definition) is 7. The van der Waals surface area contributed by atoms with Gasteiger partial charge in [-0.15, -0.1) is 0 Å². The zero-order chi connectivity index (χ0) is 18.3. The molecular weight excluding hydrogens is 358 g/mol. The number of hydrogen-bond donors (Lipinski definition) is 0. The molecule has 2 aromatic carbocycles. The van der Waals surface area contributed by atoms with E-state index in [9.17, 15) is 13.2 Å². The van der Waals surface area contributed by atoms with E-state index in [1.54, 1.807) is 36.4 Å². The number of fused-ring (bicyclic) bond motifs is 2. The van der Waals surface area contributed by atoms with Crippen molar-refractivity contribution >= 4 is 20.7 Å². The summed E-state index contributed by atoms with van der Waals surface area (Å²) in [6, 6.07) is 9.96. The van der Waals surface area contributed by atoms with E-state index in [4.69, 9.17) is 13.9 Å². The Labute approximate surface area is 149 Å². The molecule has 0 fully saturated rings. The molecule has 134 valence electrons. The van der Waals surface area contributed by atoms with Crippen LogP contribution in [0.2, 0.25) is 0 Å². The SMILES string of the molecule is CS(=O)(=O)Cc1cccc(-c2nc3cc4c(cc3c(=O)o2)OCCO4)c1. The molecule has 2 heterocycles. The van der Waals surface area contributed by atoms with Gasteiger partial charge < -0.3 is 13.9 Å². The Morgan fingerprint density at radius 3 is 2.54 bits per heavy atom. The van der Waals surface area contributed by atoms with Gasteiger partial charge in [0.2, 0.25) is 5.89 Å². The largest absolute Gasteiger partial charge is 0.486 e. The Morgan fingerprint density at radius 1 is 1.08 bits per heavy atom. The summed E-state index contributed by atoms with van der Waals surface area (Å²) in [4.78, 5) is 16.8. The fourth-order valence-electron chi connectivity index (χ4n) is 2.83. The minimum absolute atomic E-state index is 0.0999. The van der Waals surface area contributed by atoms with Crippen LogP contribution in [-0.4, -0.2) is 32.9 Å². The van der Waals surface area contributed by atoms with Crippen LogP contribution in [0.25, 0.3) is 22.4 Å². The maximum Gasteiger partial charge on any atom is 0.347 e. The van der Waals surface area contributed by atoms with Crippen molar-refractivity contribution in [3.05, 3.63) is 52.4 Å². The third-order valence-electron chi connectivity index (χ3n) is 3.89. The second kappa shape index (κ2) is 6.14. The first-order chi connectivity index (χ1) is 12.4. The highest BCUT2D eigenvalue weighted by atomic mass is 32.2. The van der Waals surface area contributed by atoms with Crippen molar-refractivity contribution in [1.82, 2.24) is 4.98 Å². The molecule has 1 aliphatic rings. The summed E-state index contributed by atoms with van der Waals surface area (Å²) < 4.78 is 39.3. The van der Waals surface area contributed by atoms with Crippen molar-refractivity contribution in [2.24, 2.45) is 0 Å². The van der Waals surface area contributed by atoms with Gasteiger partial charge >= 0.3 is 5.63 Å². The van der Waals surface area contributed by atoms with E-state index in [1.165, 1.54) is 6.26 Å². The first-order valence-electron chi connectivity index (χ1n) is 7.91. The zero-order valence-corrected chi connectivity index (χ0v) is 14.7. The quantitative estimate of drug-likeness (QED) is 0.694. The number of sulfone groups is 1. The summed E-state index contributed by atoms with van der Waals surface area (Å²) in [5.41, 5.74) is 1.00. The molecule has 0 N–H and O–H groups in total. The predicted molar refractivity (Wildman–Crippen MR) is 95.3 cm³/mol. The van der Waals surface area contributed by atoms with Crippen molar-refractivity contribution in [3.63, 3.8) is 0 Å². The molecule has 0 saturated heterocycles. The summed E-state index contributed by atoms with van der Waals surface area (Å²) >= 11 is 0. The number of nitrogens with zero attached hydrogens (tertiary/aromatic N) is 1. The molecule has 4 rings (SSSR count). The Morgan fingerprint density at radius 2 is 1.81 bits per heavy atom. The Hall–Kier alpha value is -2.87. The number of rotatable bonds is 3. The van der Waals surface area contributed by atoms with Gasteiger partial charge in [-0.1, -0.05) is 12.1 Å². The van der Waals surface area contributed by atoms with E-state index < -0.39 is 15.5 Å². The highest BCUT2D eigenvalue weighted by Crippen LogP contribution is 2.33. The fraction of sp³-hybridized carbons (Fsp3) is 0.222. The van der Waals surface area contributed by atoms with Crippen LogP contribution < -0.4 is 15.1 Å². The summed E-state index contributed by atoms with van der Waals surface area (Å²) in [7, 11) is -3.17. The summed E-state index contributed by atoms with van der Waals surface area (Å²) in [6.45, 7) is 0.850. The van der Waals surface area contributed by atoms with Crippen LogP contribution >= 0.6 is 0 Å². The minimum atomic E-state index is -3.17. The fourth-order valence-corrected chi connectivity index (χ4v) is 3.61. The molecule has 0 radical (unpaired) electrons. The Balaban J connectivity index is 1.82. The van der Waals surface area contributed by atoms with E-state index >= 15 is 0 Å². The predicted octanol–water partition coefficient (Wildman–Crippen LogP) is 2.17. The van der Waals surface area contributed by atoms with Gasteiger partial charge in [0, 0.05) is 24.0 Å². The van der Waals surface area contributed by atoms with Gasteiger partial charge in [0.1, 0.15) is 13.2 Å². The molecule has 1 aromatic heterocycles. The monoisotopic (exact) mass is 373 g/mol. The van der Waals surface area contributed by atoms with Crippen LogP contribution in [0.1, 0.15) is 5.56 Å². The van der Waals surface area contributed by atoms with Crippen LogP contribution in [0.3, 0.4) is 0 Å². The summed E-state index contributed by atoms with van der Waals surface area (Å²) in [5, 5.41) is 0.297. The molecule has 0 spiro atoms. The lowest BCUT2D eigenvalue weighted by molar-refractivity contribution is 0.172. The average molecular weight is 373 g/mol. The summed E-state index contributed by atoms with van der Waals surface area (Å²) in [5.74, 6) is 1.03. The van der Waals surface area contributed by atoms with Crippen LogP contribution in [-0.2, 0) is 15.6 Å². The summed E-state index contributed by atoms with van der Waals surface area (Å²) in [6.07, 6.45) is 1.17. The third kappa shape index (κ3) is 3.28. The molecule has 26 heavy (non-hydrogen) atoms. The third-order valence-corrected chi connectivity index (χ3v) is 4.75. The van der Waals surface area contributed by atoms with Gasteiger partial charge in [-0.25, -0.2) is 18.2 Å². The highest BCUT2D eigenvalue weighted by Gasteiger charge is 2.17. The normalized spacial score (nSPS) is 13.7. The zero-order valence-electron chi connectivity index (χ0n) is 13.9. The van der Waals surface area contributed by atoms with Crippen LogP contribution in [0.4, 0.5) is 0 Å². The van der Waals surface area contributed by atoms with Crippen molar-refractivity contribution < 1.29 is 22.3 Å². The molecule has 3 aromatic rings. The van der Waals surface area contributed by atoms with Gasteiger partial charge in [0.25, 0.3) is 0 Å². The average Bonchev–Trinajstić information content (AvgIpc) is 2.59. The molecule has 0 unspecified atom stereocenters. The minimum Gasteiger partial charge on any atom is -0.486 e. The lowest BCUT2D eigenvalue weighted by Crippen LogP contribution is -2.16. The van der Waals surface area contributed by atoms with Gasteiger partial charge in [-0.2, -0.15) is 0 Å². The number of ether oxygens (including phenoxy) is 2. The Kier molecular flexibility index (Phi) is 3.91. The standard InChI is InChI=1S/C18H15NO6S/c1-26(21,22)10-11-3-2-4-12(7-11)17-19-14-9-16-15(23-5-6-24-16)8-13(14)18(20)25-17/h2-4,7-9H,5-6,10H2,1H3. The highest BCUT2D eigenvalue weighted by molar-refractivity contribution is 7.89. The molecule has 0 atom stereocenters. The molecule has 0 saturated carbocycles. The maximum atomic E-state index is 12.4. The number of benzene rings is 2. The smallest absolute Gasteiger partial charge is 0.347 e. The topological polar surface area (TPSA) is 95.7 Å². The van der Waals surface area contributed by atoms with Crippen molar-refractivity contribution in [3.8, 4) is 23.0 Å². The van der Waals surface area contributed by atoms with Crippen LogP contribution in [0.15, 0.2) is 45.6 Å². The van der Waals surface area contributed by atoms with Gasteiger partial charge in [0.15, 0.2) is 21.3 Å². The molecule has 7 nitrogen and oxygen atoms in total. The van der Waals surface area contributed by atoms with E-state index in [1.807, 2.05) is 0 Å². The van der Waals surface area contributed by atoms with E-state index in [0.717, 1.165) is 0 Å². The van der Waals surface area contributed by atoms with Gasteiger partial charge in [0.05, 0.1) is 16.7 Å². The molecule has 0 amide bonds.